The van der Waals surface area contributed by atoms with Gasteiger partial charge in [-0.1, -0.05) is 11.8 Å². The summed E-state index contributed by atoms with van der Waals surface area (Å²) in [5, 5.41) is 15.3. The number of carbonyl (C=O) groups is 1. The van der Waals surface area contributed by atoms with Crippen LogP contribution in [0.25, 0.3) is 0 Å². The summed E-state index contributed by atoms with van der Waals surface area (Å²) in [4.78, 5) is 18.3. The molecule has 1 aliphatic heterocycles. The molecule has 28 heavy (non-hydrogen) atoms. The van der Waals surface area contributed by atoms with Gasteiger partial charge in [-0.2, -0.15) is 5.26 Å². The zero-order valence-corrected chi connectivity index (χ0v) is 17.8. The zero-order chi connectivity index (χ0) is 20.6. The van der Waals surface area contributed by atoms with E-state index in [1.165, 1.54) is 11.8 Å². The van der Waals surface area contributed by atoms with Crippen molar-refractivity contribution in [2.24, 2.45) is 10.9 Å². The van der Waals surface area contributed by atoms with Crippen molar-refractivity contribution in [3.8, 4) is 6.19 Å². The minimum atomic E-state index is -0.451. The Morgan fingerprint density at radius 2 is 1.96 bits per heavy atom. The quantitative estimate of drug-likeness (QED) is 0.339. The lowest BCUT2D eigenvalue weighted by Gasteiger charge is -2.33. The summed E-state index contributed by atoms with van der Waals surface area (Å²) in [6, 6.07) is 7.81. The highest BCUT2D eigenvalue weighted by Gasteiger charge is 2.26. The molecule has 7 nitrogen and oxygen atoms in total. The molecule has 0 saturated carbocycles. The molecule has 0 spiro atoms. The molecule has 1 aromatic carbocycles. The Bertz CT molecular complexity index is 714. The van der Waals surface area contributed by atoms with Crippen molar-refractivity contribution in [3.05, 3.63) is 24.3 Å². The number of nitriles is 1. The number of anilines is 1. The zero-order valence-electron chi connectivity index (χ0n) is 17.0. The number of hydrogen-bond donors (Lipinski definition) is 2. The van der Waals surface area contributed by atoms with Crippen LogP contribution in [0.1, 0.15) is 33.6 Å². The van der Waals surface area contributed by atoms with Gasteiger partial charge >= 0.3 is 6.09 Å². The minimum Gasteiger partial charge on any atom is -0.444 e. The molecule has 1 aliphatic rings. The second kappa shape index (κ2) is 10.2. The van der Waals surface area contributed by atoms with Crippen molar-refractivity contribution in [1.29, 1.82) is 5.26 Å². The fourth-order valence-corrected chi connectivity index (χ4v) is 3.20. The third-order valence-electron chi connectivity index (χ3n) is 4.32. The largest absolute Gasteiger partial charge is 0.444 e. The average Bonchev–Trinajstić information content (AvgIpc) is 2.66. The van der Waals surface area contributed by atoms with Gasteiger partial charge in [0.15, 0.2) is 11.4 Å². The van der Waals surface area contributed by atoms with E-state index in [1.54, 1.807) is 4.90 Å². The van der Waals surface area contributed by atoms with Crippen molar-refractivity contribution in [2.45, 2.75) is 39.2 Å². The first kappa shape index (κ1) is 21.9. The summed E-state index contributed by atoms with van der Waals surface area (Å²) in [5.41, 5.74) is 1.38. The SMILES string of the molecule is CSC(=Nc1ccc(NCC2CCN(C(=O)OC(C)(C)C)CC2)cc1)NC#N. The molecule has 8 heteroatoms. The molecule has 1 amide bonds. The van der Waals surface area contributed by atoms with Crippen molar-refractivity contribution >= 4 is 34.4 Å². The van der Waals surface area contributed by atoms with Gasteiger partial charge in [-0.3, -0.25) is 5.32 Å². The van der Waals surface area contributed by atoms with Gasteiger partial charge in [0.1, 0.15) is 5.60 Å². The molecule has 2 N–H and O–H groups in total. The third-order valence-corrected chi connectivity index (χ3v) is 4.90. The maximum atomic E-state index is 12.1. The van der Waals surface area contributed by atoms with Gasteiger partial charge in [0, 0.05) is 25.3 Å². The maximum absolute atomic E-state index is 12.1. The molecule has 0 aliphatic carbocycles. The smallest absolute Gasteiger partial charge is 0.410 e. The Balaban J connectivity index is 1.78. The fraction of sp³-hybridized carbons (Fsp3) is 0.550. The first-order valence-corrected chi connectivity index (χ1v) is 10.6. The molecule has 0 radical (unpaired) electrons. The van der Waals surface area contributed by atoms with E-state index >= 15 is 0 Å². The molecule has 0 aromatic heterocycles. The highest BCUT2D eigenvalue weighted by Crippen LogP contribution is 2.22. The predicted molar refractivity (Wildman–Crippen MR) is 115 cm³/mol. The number of carbonyl (C=O) groups excluding carboxylic acids is 1. The number of benzene rings is 1. The standard InChI is InChI=1S/C20H29N5O2S/c1-20(2,3)27-19(26)25-11-9-15(10-12-25)13-22-16-5-7-17(8-6-16)24-18(28-4)23-14-21/h5-8,15,22H,9-13H2,1-4H3,(H,23,24). The van der Waals surface area contributed by atoms with E-state index in [4.69, 9.17) is 10.00 Å². The summed E-state index contributed by atoms with van der Waals surface area (Å²) in [7, 11) is 0. The Morgan fingerprint density at radius 1 is 1.32 bits per heavy atom. The number of rotatable bonds is 4. The molecule has 0 atom stereocenters. The monoisotopic (exact) mass is 403 g/mol. The molecule has 0 unspecified atom stereocenters. The van der Waals surface area contributed by atoms with E-state index in [2.05, 4.69) is 15.6 Å². The van der Waals surface area contributed by atoms with Gasteiger partial charge in [-0.05, 0) is 70.1 Å². The van der Waals surface area contributed by atoms with Crippen molar-refractivity contribution in [2.75, 3.05) is 31.2 Å². The van der Waals surface area contributed by atoms with Crippen LogP contribution in [0, 0.1) is 17.4 Å². The van der Waals surface area contributed by atoms with Crippen LogP contribution < -0.4 is 10.6 Å². The van der Waals surface area contributed by atoms with Crippen LogP contribution in [-0.2, 0) is 4.74 Å². The van der Waals surface area contributed by atoms with Crippen LogP contribution in [0.4, 0.5) is 16.2 Å². The van der Waals surface area contributed by atoms with Crippen LogP contribution in [-0.4, -0.2) is 47.7 Å². The van der Waals surface area contributed by atoms with Crippen molar-refractivity contribution in [1.82, 2.24) is 10.2 Å². The summed E-state index contributed by atoms with van der Waals surface area (Å²) >= 11 is 1.39. The Kier molecular flexibility index (Phi) is 8.00. The summed E-state index contributed by atoms with van der Waals surface area (Å²) in [5.74, 6) is 0.527. The number of nitrogens with zero attached hydrogens (tertiary/aromatic N) is 3. The normalized spacial score (nSPS) is 15.7. The molecule has 1 heterocycles. The number of piperidine rings is 1. The highest BCUT2D eigenvalue weighted by molar-refractivity contribution is 8.13. The molecular formula is C20H29N5O2S. The Morgan fingerprint density at radius 3 is 2.50 bits per heavy atom. The number of thioether (sulfide) groups is 1. The number of aliphatic imine (C=N–C) groups is 1. The summed E-state index contributed by atoms with van der Waals surface area (Å²) in [6.07, 6.45) is 5.46. The number of nitrogens with one attached hydrogen (secondary N) is 2. The van der Waals surface area contributed by atoms with Gasteiger partial charge in [0.05, 0.1) is 5.69 Å². The lowest BCUT2D eigenvalue weighted by molar-refractivity contribution is 0.0188. The van der Waals surface area contributed by atoms with E-state index in [-0.39, 0.29) is 6.09 Å². The van der Waals surface area contributed by atoms with Crippen LogP contribution >= 0.6 is 11.8 Å². The lowest BCUT2D eigenvalue weighted by Crippen LogP contribution is -2.42. The molecule has 152 valence electrons. The van der Waals surface area contributed by atoms with E-state index < -0.39 is 5.60 Å². The van der Waals surface area contributed by atoms with Gasteiger partial charge in [-0.15, -0.1) is 0 Å². The van der Waals surface area contributed by atoms with Crippen LogP contribution in [0.15, 0.2) is 29.3 Å². The minimum absolute atomic E-state index is 0.217. The van der Waals surface area contributed by atoms with Crippen LogP contribution in [0.3, 0.4) is 0 Å². The van der Waals surface area contributed by atoms with Gasteiger partial charge in [0.2, 0.25) is 0 Å². The number of ether oxygens (including phenoxy) is 1. The van der Waals surface area contributed by atoms with Gasteiger partial charge in [-0.25, -0.2) is 9.79 Å². The average molecular weight is 404 g/mol. The molecule has 1 fully saturated rings. The summed E-state index contributed by atoms with van der Waals surface area (Å²) < 4.78 is 5.44. The van der Waals surface area contributed by atoms with E-state index in [9.17, 15) is 4.79 Å². The van der Waals surface area contributed by atoms with E-state index in [1.807, 2.05) is 57.5 Å². The first-order valence-electron chi connectivity index (χ1n) is 9.40. The highest BCUT2D eigenvalue weighted by atomic mass is 32.2. The maximum Gasteiger partial charge on any atom is 0.410 e. The number of hydrogen-bond acceptors (Lipinski definition) is 6. The van der Waals surface area contributed by atoms with Crippen molar-refractivity contribution in [3.63, 3.8) is 0 Å². The molecule has 2 rings (SSSR count). The summed E-state index contributed by atoms with van der Waals surface area (Å²) in [6.45, 7) is 8.01. The number of amides is 1. The first-order chi connectivity index (χ1) is 13.3. The van der Waals surface area contributed by atoms with Crippen LogP contribution in [0.5, 0.6) is 0 Å². The molecule has 1 aromatic rings. The van der Waals surface area contributed by atoms with Gasteiger partial charge < -0.3 is 15.0 Å². The topological polar surface area (TPSA) is 89.8 Å². The number of amidine groups is 1. The third kappa shape index (κ3) is 7.31. The van der Waals surface area contributed by atoms with E-state index in [0.29, 0.717) is 11.1 Å². The van der Waals surface area contributed by atoms with Gasteiger partial charge in [0.25, 0.3) is 0 Å². The lowest BCUT2D eigenvalue weighted by atomic mass is 9.97. The Labute approximate surface area is 171 Å². The molecule has 0 bridgehead atoms. The Hall–Kier alpha value is -2.40. The number of likely N-dealkylation sites (tertiary alicyclic amines) is 1. The molecule has 1 saturated heterocycles. The van der Waals surface area contributed by atoms with E-state index in [0.717, 1.165) is 43.9 Å². The van der Waals surface area contributed by atoms with Crippen molar-refractivity contribution < 1.29 is 9.53 Å². The predicted octanol–water partition coefficient (Wildman–Crippen LogP) is 4.17. The molecular weight excluding hydrogens is 374 g/mol. The second-order valence-corrected chi connectivity index (χ2v) is 8.49. The second-order valence-electron chi connectivity index (χ2n) is 7.70. The van der Waals surface area contributed by atoms with Crippen LogP contribution in [0.2, 0.25) is 0 Å². The fourth-order valence-electron chi connectivity index (χ4n) is 2.85.